The number of aryl methyl sites for hydroxylation is 1. The highest BCUT2D eigenvalue weighted by molar-refractivity contribution is 5.87. The molecule has 0 saturated heterocycles. The zero-order chi connectivity index (χ0) is 30.4. The summed E-state index contributed by atoms with van der Waals surface area (Å²) in [4.78, 5) is 27.0. The molecule has 0 bridgehead atoms. The first-order valence-corrected chi connectivity index (χ1v) is 16.7. The zero-order valence-corrected chi connectivity index (χ0v) is 26.5. The van der Waals surface area contributed by atoms with Crippen molar-refractivity contribution in [2.75, 3.05) is 33.4 Å². The number of ether oxygens (including phenoxy) is 2. The van der Waals surface area contributed by atoms with Gasteiger partial charge in [-0.05, 0) is 116 Å². The number of benzene rings is 2. The molecule has 2 saturated carbocycles. The zero-order valence-electron chi connectivity index (χ0n) is 26.5. The summed E-state index contributed by atoms with van der Waals surface area (Å²) in [6.07, 6.45) is 10.9. The summed E-state index contributed by atoms with van der Waals surface area (Å²) in [7, 11) is 1.84. The van der Waals surface area contributed by atoms with E-state index in [1.54, 1.807) is 4.90 Å². The molecule has 0 aliphatic heterocycles. The Kier molecular flexibility index (Phi) is 10.5. The molecule has 0 spiro atoms. The van der Waals surface area contributed by atoms with Crippen LogP contribution in [0.5, 0.6) is 11.5 Å². The van der Waals surface area contributed by atoms with Crippen molar-refractivity contribution in [1.29, 1.82) is 0 Å². The summed E-state index contributed by atoms with van der Waals surface area (Å²) in [5, 5.41) is 10.2. The second-order valence-corrected chi connectivity index (χ2v) is 13.5. The first-order valence-electron chi connectivity index (χ1n) is 16.7. The number of hydrogen-bond donors (Lipinski definition) is 1. The fraction of sp³-hybridized carbons (Fsp3) is 0.622. The maximum atomic E-state index is 13.2. The molecule has 43 heavy (non-hydrogen) atoms. The molecule has 3 unspecified atom stereocenters. The Morgan fingerprint density at radius 1 is 1.00 bits per heavy atom. The lowest BCUT2D eigenvalue weighted by Crippen LogP contribution is -2.45. The van der Waals surface area contributed by atoms with Gasteiger partial charge in [-0.2, -0.15) is 0 Å². The number of Topliss-reactive ketones (excluding diaryl/α,β-unsaturated/α-hetero) is 1. The molecule has 2 aromatic carbocycles. The molecule has 5 rings (SSSR count). The van der Waals surface area contributed by atoms with Gasteiger partial charge in [0.05, 0.1) is 6.61 Å². The Balaban J connectivity index is 1.11. The number of fused-ring (bicyclic) bond motifs is 5. The maximum absolute atomic E-state index is 13.2. The van der Waals surface area contributed by atoms with E-state index in [-0.39, 0.29) is 23.8 Å². The van der Waals surface area contributed by atoms with Gasteiger partial charge in [-0.25, -0.2) is 0 Å². The fourth-order valence-corrected chi connectivity index (χ4v) is 8.24. The maximum Gasteiger partial charge on any atom is 0.248 e. The first-order chi connectivity index (χ1) is 20.8. The van der Waals surface area contributed by atoms with Crippen molar-refractivity contribution in [3.05, 3.63) is 59.2 Å². The van der Waals surface area contributed by atoms with Crippen LogP contribution in [0, 0.1) is 17.3 Å². The van der Waals surface area contributed by atoms with Crippen LogP contribution in [0.4, 0.5) is 0 Å². The largest absolute Gasteiger partial charge is 0.508 e. The average molecular weight is 590 g/mol. The minimum Gasteiger partial charge on any atom is -0.508 e. The van der Waals surface area contributed by atoms with E-state index in [1.165, 1.54) is 16.7 Å². The summed E-state index contributed by atoms with van der Waals surface area (Å²) < 4.78 is 11.7. The van der Waals surface area contributed by atoms with Crippen LogP contribution in [0.15, 0.2) is 42.5 Å². The quantitative estimate of drug-likeness (QED) is 0.232. The lowest BCUT2D eigenvalue weighted by Gasteiger charge is -2.52. The summed E-state index contributed by atoms with van der Waals surface area (Å²) in [5.74, 6) is 3.36. The number of hydrogen-bond acceptors (Lipinski definition) is 5. The highest BCUT2D eigenvalue weighted by Gasteiger charge is 2.57. The van der Waals surface area contributed by atoms with Gasteiger partial charge in [0.2, 0.25) is 5.91 Å². The number of likely N-dealkylation sites (N-methyl/N-ethyl adjacent to an activating group) is 1. The van der Waals surface area contributed by atoms with Crippen molar-refractivity contribution < 1.29 is 24.2 Å². The SMILES string of the molecule is CCCCN(C)C(=O)COCCCCCCOc1ccc([C@H]2C[C@]3(C)C(=O)CCC3C3CCc4cc(O)ccc4C32)cc1. The topological polar surface area (TPSA) is 76.1 Å². The second-order valence-electron chi connectivity index (χ2n) is 13.5. The van der Waals surface area contributed by atoms with E-state index >= 15 is 0 Å². The summed E-state index contributed by atoms with van der Waals surface area (Å²) >= 11 is 0. The van der Waals surface area contributed by atoms with Crippen LogP contribution in [0.3, 0.4) is 0 Å². The predicted molar refractivity (Wildman–Crippen MR) is 170 cm³/mol. The first kappa shape index (κ1) is 31.6. The third kappa shape index (κ3) is 7.11. The van der Waals surface area contributed by atoms with Crippen molar-refractivity contribution in [1.82, 2.24) is 4.90 Å². The van der Waals surface area contributed by atoms with Gasteiger partial charge in [-0.15, -0.1) is 0 Å². The molecule has 1 N–H and O–H groups in total. The van der Waals surface area contributed by atoms with E-state index in [2.05, 4.69) is 44.2 Å². The highest BCUT2D eigenvalue weighted by Crippen LogP contribution is 2.64. The van der Waals surface area contributed by atoms with Crippen LogP contribution in [-0.4, -0.2) is 55.1 Å². The van der Waals surface area contributed by atoms with Crippen molar-refractivity contribution in [2.24, 2.45) is 17.3 Å². The number of aromatic hydroxyl groups is 1. The van der Waals surface area contributed by atoms with E-state index in [9.17, 15) is 14.7 Å². The van der Waals surface area contributed by atoms with Gasteiger partial charge in [-0.3, -0.25) is 9.59 Å². The van der Waals surface area contributed by atoms with Crippen molar-refractivity contribution in [2.45, 2.75) is 96.3 Å². The molecule has 5 atom stereocenters. The molecule has 3 aliphatic rings. The number of carbonyl (C=O) groups is 2. The third-order valence-electron chi connectivity index (χ3n) is 10.7. The number of amides is 1. The molecule has 6 heteroatoms. The Labute approximate surface area is 258 Å². The van der Waals surface area contributed by atoms with Crippen LogP contribution in [0.1, 0.15) is 107 Å². The van der Waals surface area contributed by atoms with Crippen LogP contribution < -0.4 is 4.74 Å². The van der Waals surface area contributed by atoms with Crippen molar-refractivity contribution >= 4 is 11.7 Å². The van der Waals surface area contributed by atoms with E-state index in [1.807, 2.05) is 19.2 Å². The Morgan fingerprint density at radius 3 is 2.53 bits per heavy atom. The molecule has 0 aromatic heterocycles. The van der Waals surface area contributed by atoms with Gasteiger partial charge in [0.25, 0.3) is 0 Å². The molecule has 0 radical (unpaired) electrons. The molecular formula is C37H51NO5. The number of nitrogens with zero attached hydrogens (tertiary/aromatic N) is 1. The van der Waals surface area contributed by atoms with Crippen molar-refractivity contribution in [3.8, 4) is 11.5 Å². The monoisotopic (exact) mass is 589 g/mol. The standard InChI is InChI=1S/C37H51NO5/c1-4-5-20-38(3)35(41)25-42-21-8-6-7-9-22-43-29-14-10-26(11-15-29)32-24-37(2)33(18-19-34(37)40)31-16-12-27-23-28(39)13-17-30(27)36(31)32/h10-11,13-15,17,23,31-33,36,39H,4-9,12,16,18-22,24-25H2,1-3H3/t31?,32-,33?,36?,37+/m1/s1. The van der Waals surface area contributed by atoms with Gasteiger partial charge in [-0.1, -0.05) is 44.9 Å². The minimum absolute atomic E-state index is 0.0606. The third-order valence-corrected chi connectivity index (χ3v) is 10.7. The lowest BCUT2D eigenvalue weighted by atomic mass is 9.51. The van der Waals surface area contributed by atoms with Gasteiger partial charge >= 0.3 is 0 Å². The highest BCUT2D eigenvalue weighted by atomic mass is 16.5. The average Bonchev–Trinajstić information content (AvgIpc) is 3.32. The van der Waals surface area contributed by atoms with Gasteiger partial charge in [0.1, 0.15) is 23.9 Å². The smallest absolute Gasteiger partial charge is 0.248 e. The number of ketones is 1. The molecule has 1 amide bonds. The fourth-order valence-electron chi connectivity index (χ4n) is 8.24. The molecule has 6 nitrogen and oxygen atoms in total. The summed E-state index contributed by atoms with van der Waals surface area (Å²) in [6.45, 7) is 6.63. The normalized spacial score (nSPS) is 26.0. The Morgan fingerprint density at radius 2 is 1.77 bits per heavy atom. The van der Waals surface area contributed by atoms with Crippen LogP contribution in [0.2, 0.25) is 0 Å². The number of carbonyl (C=O) groups excluding carboxylic acids is 2. The molecule has 2 aromatic rings. The van der Waals surface area contributed by atoms with E-state index in [0.29, 0.717) is 42.5 Å². The molecule has 0 heterocycles. The van der Waals surface area contributed by atoms with Crippen LogP contribution >= 0.6 is 0 Å². The van der Waals surface area contributed by atoms with E-state index in [0.717, 1.165) is 82.9 Å². The predicted octanol–water partition coefficient (Wildman–Crippen LogP) is 7.43. The van der Waals surface area contributed by atoms with Gasteiger partial charge in [0, 0.05) is 32.0 Å². The Hall–Kier alpha value is -2.86. The van der Waals surface area contributed by atoms with Crippen LogP contribution in [-0.2, 0) is 20.7 Å². The Bertz CT molecular complexity index is 1240. The minimum atomic E-state index is -0.235. The summed E-state index contributed by atoms with van der Waals surface area (Å²) in [6, 6.07) is 14.6. The molecular weight excluding hydrogens is 538 g/mol. The van der Waals surface area contributed by atoms with Crippen molar-refractivity contribution in [3.63, 3.8) is 0 Å². The van der Waals surface area contributed by atoms with Crippen LogP contribution in [0.25, 0.3) is 0 Å². The molecule has 3 aliphatic carbocycles. The summed E-state index contributed by atoms with van der Waals surface area (Å²) in [5.41, 5.74) is 3.70. The van der Waals surface area contributed by atoms with E-state index < -0.39 is 0 Å². The number of phenolic OH excluding ortho intramolecular Hbond substituents is 1. The molecule has 234 valence electrons. The second kappa shape index (κ2) is 14.3. The number of rotatable bonds is 14. The number of phenols is 1. The molecule has 2 fully saturated rings. The van der Waals surface area contributed by atoms with E-state index in [4.69, 9.17) is 9.47 Å². The van der Waals surface area contributed by atoms with Gasteiger partial charge < -0.3 is 19.5 Å². The van der Waals surface area contributed by atoms with Gasteiger partial charge in [0.15, 0.2) is 0 Å². The number of unbranched alkanes of at least 4 members (excludes halogenated alkanes) is 4. The lowest BCUT2D eigenvalue weighted by molar-refractivity contribution is -0.135.